The molecule has 0 saturated carbocycles. The van der Waals surface area contributed by atoms with Crippen molar-refractivity contribution in [2.45, 2.75) is 24.2 Å². The summed E-state index contributed by atoms with van der Waals surface area (Å²) < 4.78 is 15.7. The summed E-state index contributed by atoms with van der Waals surface area (Å²) in [6, 6.07) is 11.5. The van der Waals surface area contributed by atoms with Crippen LogP contribution in [0.25, 0.3) is 5.65 Å². The molecule has 0 unspecified atom stereocenters. The number of nitrogens with zero attached hydrogens (tertiary/aromatic N) is 4. The molecule has 0 atom stereocenters. The number of hydrogen-bond acceptors (Lipinski definition) is 5. The van der Waals surface area contributed by atoms with E-state index in [1.165, 1.54) is 46.8 Å². The van der Waals surface area contributed by atoms with E-state index in [9.17, 15) is 14.0 Å². The zero-order valence-corrected chi connectivity index (χ0v) is 18.0. The lowest BCUT2D eigenvalue weighted by Crippen LogP contribution is -2.28. The largest absolute Gasteiger partial charge is 0.350 e. The Labute approximate surface area is 185 Å². The molecular weight excluding hydrogens is 441 g/mol. The lowest BCUT2D eigenvalue weighted by molar-refractivity contribution is -0.117. The first-order chi connectivity index (χ1) is 14.9. The summed E-state index contributed by atoms with van der Waals surface area (Å²) in [7, 11) is 0. The molecule has 2 aromatic carbocycles. The van der Waals surface area contributed by atoms with Gasteiger partial charge in [-0.05, 0) is 48.4 Å². The van der Waals surface area contributed by atoms with Crippen LogP contribution in [-0.2, 0) is 17.1 Å². The van der Waals surface area contributed by atoms with Gasteiger partial charge >= 0.3 is 5.69 Å². The van der Waals surface area contributed by atoms with E-state index in [4.69, 9.17) is 11.6 Å². The molecule has 0 bridgehead atoms. The highest BCUT2D eigenvalue weighted by molar-refractivity contribution is 7.98. The molecule has 2 heterocycles. The number of rotatable bonds is 6. The second kappa shape index (κ2) is 8.91. The lowest BCUT2D eigenvalue weighted by atomic mass is 10.2. The topological polar surface area (TPSA) is 81.3 Å². The maximum atomic E-state index is 13.2. The normalized spacial score (nSPS) is 11.1. The second-order valence-electron chi connectivity index (χ2n) is 6.79. The van der Waals surface area contributed by atoms with Crippen molar-refractivity contribution >= 4 is 40.6 Å². The Morgan fingerprint density at radius 1 is 1.23 bits per heavy atom. The number of carbonyl (C=O) groups excluding carboxylic acids is 1. The molecule has 0 spiro atoms. The number of halogens is 2. The summed E-state index contributed by atoms with van der Waals surface area (Å²) in [5, 5.41) is 8.21. The van der Waals surface area contributed by atoms with Gasteiger partial charge in [-0.1, -0.05) is 35.5 Å². The van der Waals surface area contributed by atoms with E-state index >= 15 is 0 Å². The third-order valence-corrected chi connectivity index (χ3v) is 5.81. The lowest BCUT2D eigenvalue weighted by Gasteiger charge is -2.07. The van der Waals surface area contributed by atoms with E-state index < -0.39 is 11.6 Å². The summed E-state index contributed by atoms with van der Waals surface area (Å²) in [6.45, 7) is 1.41. The Kier molecular flexibility index (Phi) is 6.06. The molecule has 1 N–H and O–H groups in total. The smallest absolute Gasteiger partial charge is 0.324 e. The van der Waals surface area contributed by atoms with Crippen molar-refractivity contribution in [2.24, 2.45) is 0 Å². The van der Waals surface area contributed by atoms with E-state index in [-0.39, 0.29) is 12.4 Å². The molecule has 0 saturated heterocycles. The average Bonchev–Trinajstić information content (AvgIpc) is 3.06. The Hall–Kier alpha value is -3.17. The van der Waals surface area contributed by atoms with Crippen LogP contribution in [0.1, 0.15) is 11.1 Å². The predicted octanol–water partition coefficient (Wildman–Crippen LogP) is 3.92. The monoisotopic (exact) mass is 457 g/mol. The maximum Gasteiger partial charge on any atom is 0.350 e. The highest BCUT2D eigenvalue weighted by atomic mass is 35.5. The molecule has 31 heavy (non-hydrogen) atoms. The third-order valence-electron chi connectivity index (χ3n) is 4.51. The number of fused-ring (bicyclic) bond motifs is 1. The summed E-state index contributed by atoms with van der Waals surface area (Å²) in [5.74, 6) is -0.207. The minimum atomic E-state index is -0.447. The van der Waals surface area contributed by atoms with E-state index in [1.54, 1.807) is 6.92 Å². The van der Waals surface area contributed by atoms with E-state index in [0.29, 0.717) is 32.7 Å². The van der Waals surface area contributed by atoms with Crippen molar-refractivity contribution in [1.82, 2.24) is 19.2 Å². The van der Waals surface area contributed by atoms with Crippen LogP contribution in [0.3, 0.4) is 0 Å². The first-order valence-electron chi connectivity index (χ1n) is 9.28. The molecule has 10 heteroatoms. The summed E-state index contributed by atoms with van der Waals surface area (Å²) >= 11 is 7.35. The standard InChI is InChI=1S/C21H17ClFN5O2S/c1-13-10-16(23)6-7-17(13)25-18(29)11-28-21(30)27-9-8-24-20(19(27)26-28)31-12-14-2-4-15(22)5-3-14/h2-10H,11-12H2,1H3,(H,25,29). The molecule has 0 radical (unpaired) electrons. The second-order valence-corrected chi connectivity index (χ2v) is 8.19. The van der Waals surface area contributed by atoms with E-state index in [2.05, 4.69) is 15.4 Å². The first-order valence-corrected chi connectivity index (χ1v) is 10.6. The van der Waals surface area contributed by atoms with Crippen molar-refractivity contribution < 1.29 is 9.18 Å². The molecular formula is C21H17ClFN5O2S. The minimum Gasteiger partial charge on any atom is -0.324 e. The molecule has 0 fully saturated rings. The fourth-order valence-corrected chi connectivity index (χ4v) is 3.98. The zero-order valence-electron chi connectivity index (χ0n) is 16.4. The third kappa shape index (κ3) is 4.78. The summed E-state index contributed by atoms with van der Waals surface area (Å²) in [6.07, 6.45) is 3.03. The summed E-state index contributed by atoms with van der Waals surface area (Å²) in [5.41, 5.74) is 2.04. The SMILES string of the molecule is Cc1cc(F)ccc1NC(=O)Cn1nc2c(SCc3ccc(Cl)cc3)nccn2c1=O. The van der Waals surface area contributed by atoms with Crippen molar-refractivity contribution in [3.8, 4) is 0 Å². The number of carbonyl (C=O) groups is 1. The predicted molar refractivity (Wildman–Crippen MR) is 118 cm³/mol. The van der Waals surface area contributed by atoms with E-state index in [1.807, 2.05) is 24.3 Å². The van der Waals surface area contributed by atoms with Gasteiger partial charge in [0.05, 0.1) is 0 Å². The van der Waals surface area contributed by atoms with Crippen LogP contribution >= 0.6 is 23.4 Å². The molecule has 7 nitrogen and oxygen atoms in total. The van der Waals surface area contributed by atoms with Gasteiger partial charge in [0.1, 0.15) is 17.4 Å². The molecule has 1 amide bonds. The van der Waals surface area contributed by atoms with Gasteiger partial charge in [0.15, 0.2) is 5.65 Å². The number of benzene rings is 2. The van der Waals surface area contributed by atoms with Gasteiger partial charge in [0.2, 0.25) is 5.91 Å². The molecule has 0 aliphatic carbocycles. The number of anilines is 1. The molecule has 158 valence electrons. The number of thioether (sulfide) groups is 1. The van der Waals surface area contributed by atoms with Crippen molar-refractivity contribution in [2.75, 3.05) is 5.32 Å². The first kappa shape index (κ1) is 21.1. The highest BCUT2D eigenvalue weighted by Crippen LogP contribution is 2.24. The van der Waals surface area contributed by atoms with Gasteiger partial charge in [-0.25, -0.2) is 23.3 Å². The van der Waals surface area contributed by atoms with Gasteiger partial charge in [0, 0.05) is 28.9 Å². The number of nitrogens with one attached hydrogen (secondary N) is 1. The van der Waals surface area contributed by atoms with Crippen LogP contribution in [-0.4, -0.2) is 25.1 Å². The quantitative estimate of drug-likeness (QED) is 0.444. The highest BCUT2D eigenvalue weighted by Gasteiger charge is 2.15. The Morgan fingerprint density at radius 2 is 2.00 bits per heavy atom. The van der Waals surface area contributed by atoms with Gasteiger partial charge < -0.3 is 5.32 Å². The Balaban J connectivity index is 1.53. The minimum absolute atomic E-state index is 0.279. The maximum absolute atomic E-state index is 13.2. The number of amides is 1. The summed E-state index contributed by atoms with van der Waals surface area (Å²) in [4.78, 5) is 29.4. The average molecular weight is 458 g/mol. The van der Waals surface area contributed by atoms with Gasteiger partial charge in [-0.3, -0.25) is 4.79 Å². The number of aryl methyl sites for hydroxylation is 1. The fourth-order valence-electron chi connectivity index (χ4n) is 2.96. The van der Waals surface area contributed by atoms with Crippen molar-refractivity contribution in [3.63, 3.8) is 0 Å². The fraction of sp³-hybridized carbons (Fsp3) is 0.143. The Morgan fingerprint density at radius 3 is 2.74 bits per heavy atom. The van der Waals surface area contributed by atoms with Crippen LogP contribution in [0.15, 0.2) is 64.7 Å². The Bertz CT molecular complexity index is 1320. The van der Waals surface area contributed by atoms with Gasteiger partial charge in [-0.15, -0.1) is 5.10 Å². The van der Waals surface area contributed by atoms with Crippen molar-refractivity contribution in [3.05, 3.63) is 87.3 Å². The molecule has 0 aliphatic rings. The van der Waals surface area contributed by atoms with Crippen LogP contribution in [0, 0.1) is 12.7 Å². The number of hydrogen-bond donors (Lipinski definition) is 1. The van der Waals surface area contributed by atoms with Gasteiger partial charge in [0.25, 0.3) is 0 Å². The van der Waals surface area contributed by atoms with Crippen LogP contribution < -0.4 is 11.0 Å². The number of aromatic nitrogens is 4. The molecule has 2 aromatic heterocycles. The van der Waals surface area contributed by atoms with Gasteiger partial charge in [-0.2, -0.15) is 0 Å². The van der Waals surface area contributed by atoms with Crippen LogP contribution in [0.2, 0.25) is 5.02 Å². The zero-order chi connectivity index (χ0) is 22.0. The molecule has 4 aromatic rings. The van der Waals surface area contributed by atoms with Crippen LogP contribution in [0.5, 0.6) is 0 Å². The van der Waals surface area contributed by atoms with Crippen molar-refractivity contribution in [1.29, 1.82) is 0 Å². The van der Waals surface area contributed by atoms with Crippen LogP contribution in [0.4, 0.5) is 10.1 Å². The van der Waals surface area contributed by atoms with E-state index in [0.717, 1.165) is 10.2 Å². The molecule has 0 aliphatic heterocycles. The molecule has 4 rings (SSSR count).